The summed E-state index contributed by atoms with van der Waals surface area (Å²) in [5.41, 5.74) is 2.61. The van der Waals surface area contributed by atoms with Gasteiger partial charge in [-0.3, -0.25) is 4.79 Å². The predicted octanol–water partition coefficient (Wildman–Crippen LogP) is 3.10. The van der Waals surface area contributed by atoms with Gasteiger partial charge in [0.15, 0.2) is 5.78 Å². The summed E-state index contributed by atoms with van der Waals surface area (Å²) in [5, 5.41) is 12.1. The first kappa shape index (κ1) is 22.4. The molecule has 0 saturated heterocycles. The van der Waals surface area contributed by atoms with Crippen molar-refractivity contribution in [2.75, 3.05) is 32.1 Å². The molecule has 0 aromatic heterocycles. The molecule has 0 saturated carbocycles. The van der Waals surface area contributed by atoms with Crippen LogP contribution in [0.25, 0.3) is 0 Å². The van der Waals surface area contributed by atoms with Crippen LogP contribution in [0.4, 0.5) is 5.69 Å². The first-order valence-corrected chi connectivity index (χ1v) is 7.34. The number of rotatable bonds is 7. The maximum atomic E-state index is 12.8. The molecule has 0 aliphatic rings. The number of ketones is 1. The van der Waals surface area contributed by atoms with Crippen LogP contribution in [0.2, 0.25) is 0 Å². The van der Waals surface area contributed by atoms with E-state index in [-0.39, 0.29) is 37.2 Å². The van der Waals surface area contributed by atoms with Gasteiger partial charge in [0.1, 0.15) is 0 Å². The number of Topliss-reactive ketones (excluding diaryl/α,β-unsaturated/α-hetero) is 1. The van der Waals surface area contributed by atoms with Crippen LogP contribution in [0, 0.1) is 0 Å². The summed E-state index contributed by atoms with van der Waals surface area (Å²) < 4.78 is 0. The highest BCUT2D eigenvalue weighted by Gasteiger charge is 2.21. The molecule has 6 heteroatoms. The average molecular weight is 371 g/mol. The summed E-state index contributed by atoms with van der Waals surface area (Å²) in [6.45, 7) is 0.372. The number of benzene rings is 2. The van der Waals surface area contributed by atoms with E-state index in [0.29, 0.717) is 12.1 Å². The van der Waals surface area contributed by atoms with E-state index in [1.54, 1.807) is 0 Å². The van der Waals surface area contributed by atoms with E-state index >= 15 is 0 Å². The quantitative estimate of drug-likeness (QED) is 0.735. The molecule has 0 radical (unpaired) electrons. The molecule has 4 nitrogen and oxygen atoms in total. The Labute approximate surface area is 155 Å². The van der Waals surface area contributed by atoms with Gasteiger partial charge in [0.2, 0.25) is 0 Å². The minimum atomic E-state index is -0.446. The van der Waals surface area contributed by atoms with Crippen LogP contribution in [0.1, 0.15) is 22.0 Å². The minimum absolute atomic E-state index is 0. The molecule has 2 aromatic carbocycles. The fourth-order valence-corrected chi connectivity index (χ4v) is 2.31. The molecule has 0 amide bonds. The summed E-state index contributed by atoms with van der Waals surface area (Å²) in [4.78, 5) is 14.8. The van der Waals surface area contributed by atoms with E-state index in [0.717, 1.165) is 11.3 Å². The number of carbonyl (C=O) groups is 1. The van der Waals surface area contributed by atoms with Crippen molar-refractivity contribution < 1.29 is 9.90 Å². The molecular weight excluding hydrogens is 347 g/mol. The molecule has 0 spiro atoms. The number of hydrogen-bond donors (Lipinski definition) is 2. The van der Waals surface area contributed by atoms with Crippen LogP contribution in [-0.4, -0.2) is 38.1 Å². The lowest BCUT2D eigenvalue weighted by atomic mass is 9.97. The van der Waals surface area contributed by atoms with Crippen molar-refractivity contribution in [1.82, 2.24) is 5.32 Å². The third-order valence-corrected chi connectivity index (χ3v) is 3.52. The molecule has 0 aliphatic carbocycles. The van der Waals surface area contributed by atoms with E-state index in [9.17, 15) is 4.79 Å². The Morgan fingerprint density at radius 1 is 1.04 bits per heavy atom. The molecule has 1 atom stereocenters. The minimum Gasteiger partial charge on any atom is -0.395 e. The first-order chi connectivity index (χ1) is 10.6. The summed E-state index contributed by atoms with van der Waals surface area (Å²) >= 11 is 0. The van der Waals surface area contributed by atoms with Crippen molar-refractivity contribution in [2.45, 2.75) is 6.04 Å². The number of hydrogen-bond acceptors (Lipinski definition) is 4. The fraction of sp³-hybridized carbons (Fsp3) is 0.278. The van der Waals surface area contributed by atoms with Gasteiger partial charge in [-0.15, -0.1) is 24.8 Å². The fourth-order valence-electron chi connectivity index (χ4n) is 2.31. The van der Waals surface area contributed by atoms with Crippen LogP contribution in [-0.2, 0) is 0 Å². The SMILES string of the molecule is CN(C)c1ccc(C(=O)C(NCCO)c2ccccc2)cc1.Cl.Cl. The van der Waals surface area contributed by atoms with Crippen LogP contribution >= 0.6 is 24.8 Å². The summed E-state index contributed by atoms with van der Waals surface area (Å²) in [7, 11) is 3.93. The molecule has 2 N–H and O–H groups in total. The number of aliphatic hydroxyl groups is 1. The maximum absolute atomic E-state index is 12.8. The average Bonchev–Trinajstić information content (AvgIpc) is 2.56. The number of aliphatic hydroxyl groups excluding tert-OH is 1. The van der Waals surface area contributed by atoms with E-state index in [1.807, 2.05) is 73.6 Å². The zero-order valence-corrected chi connectivity index (χ0v) is 15.4. The number of nitrogens with zero attached hydrogens (tertiary/aromatic N) is 1. The third-order valence-electron chi connectivity index (χ3n) is 3.52. The van der Waals surface area contributed by atoms with E-state index in [4.69, 9.17) is 5.11 Å². The van der Waals surface area contributed by atoms with Crippen molar-refractivity contribution in [2.24, 2.45) is 0 Å². The van der Waals surface area contributed by atoms with Gasteiger partial charge in [0.25, 0.3) is 0 Å². The molecule has 2 aromatic rings. The zero-order valence-electron chi connectivity index (χ0n) is 13.8. The van der Waals surface area contributed by atoms with E-state index in [2.05, 4.69) is 5.32 Å². The largest absolute Gasteiger partial charge is 0.395 e. The second-order valence-electron chi connectivity index (χ2n) is 5.33. The van der Waals surface area contributed by atoms with Crippen molar-refractivity contribution in [1.29, 1.82) is 0 Å². The van der Waals surface area contributed by atoms with Crippen LogP contribution in [0.5, 0.6) is 0 Å². The van der Waals surface area contributed by atoms with Gasteiger partial charge in [0, 0.05) is 31.9 Å². The Hall–Kier alpha value is -1.59. The van der Waals surface area contributed by atoms with Crippen LogP contribution < -0.4 is 10.2 Å². The van der Waals surface area contributed by atoms with Gasteiger partial charge < -0.3 is 15.3 Å². The summed E-state index contributed by atoms with van der Waals surface area (Å²) in [6.07, 6.45) is 0. The molecule has 24 heavy (non-hydrogen) atoms. The Morgan fingerprint density at radius 2 is 1.62 bits per heavy atom. The molecule has 0 heterocycles. The highest BCUT2D eigenvalue weighted by Crippen LogP contribution is 2.20. The van der Waals surface area contributed by atoms with Crippen molar-refractivity contribution >= 4 is 36.3 Å². The highest BCUT2D eigenvalue weighted by molar-refractivity contribution is 6.01. The molecular formula is C18H24Cl2N2O2. The number of nitrogens with one attached hydrogen (secondary N) is 1. The van der Waals surface area contributed by atoms with Gasteiger partial charge in [-0.25, -0.2) is 0 Å². The van der Waals surface area contributed by atoms with Crippen molar-refractivity contribution in [3.63, 3.8) is 0 Å². The Morgan fingerprint density at radius 3 is 2.12 bits per heavy atom. The Kier molecular flexibility index (Phi) is 10.3. The van der Waals surface area contributed by atoms with Crippen LogP contribution in [0.3, 0.4) is 0 Å². The van der Waals surface area contributed by atoms with Gasteiger partial charge in [-0.05, 0) is 29.8 Å². The monoisotopic (exact) mass is 370 g/mol. The lowest BCUT2D eigenvalue weighted by Crippen LogP contribution is -2.31. The predicted molar refractivity (Wildman–Crippen MR) is 104 cm³/mol. The molecule has 2 rings (SSSR count). The summed E-state index contributed by atoms with van der Waals surface area (Å²) in [5.74, 6) is 0.00459. The van der Waals surface area contributed by atoms with Crippen molar-refractivity contribution in [3.05, 3.63) is 65.7 Å². The first-order valence-electron chi connectivity index (χ1n) is 7.34. The lowest BCUT2D eigenvalue weighted by molar-refractivity contribution is 0.0940. The Balaban J connectivity index is 0.00000264. The number of anilines is 1. The van der Waals surface area contributed by atoms with Crippen LogP contribution in [0.15, 0.2) is 54.6 Å². The van der Waals surface area contributed by atoms with E-state index < -0.39 is 6.04 Å². The normalized spacial score (nSPS) is 11.0. The second kappa shape index (κ2) is 11.0. The van der Waals surface area contributed by atoms with Crippen molar-refractivity contribution in [3.8, 4) is 0 Å². The zero-order chi connectivity index (χ0) is 15.9. The van der Waals surface area contributed by atoms with Gasteiger partial charge in [0.05, 0.1) is 12.6 Å². The molecule has 0 bridgehead atoms. The Bertz CT molecular complexity index is 604. The molecule has 132 valence electrons. The molecule has 1 unspecified atom stereocenters. The van der Waals surface area contributed by atoms with Gasteiger partial charge in [-0.1, -0.05) is 30.3 Å². The third kappa shape index (κ3) is 5.80. The molecule has 0 fully saturated rings. The summed E-state index contributed by atoms with van der Waals surface area (Å²) in [6, 6.07) is 16.7. The topological polar surface area (TPSA) is 52.6 Å². The van der Waals surface area contributed by atoms with Gasteiger partial charge in [-0.2, -0.15) is 0 Å². The standard InChI is InChI=1S/C18H22N2O2.2ClH/c1-20(2)16-10-8-15(9-11-16)18(22)17(19-12-13-21)14-6-4-3-5-7-14;;/h3-11,17,19,21H,12-13H2,1-2H3;2*1H. The maximum Gasteiger partial charge on any atom is 0.184 e. The second-order valence-corrected chi connectivity index (χ2v) is 5.33. The highest BCUT2D eigenvalue weighted by atomic mass is 35.5. The number of halogens is 2. The van der Waals surface area contributed by atoms with Gasteiger partial charge >= 0.3 is 0 Å². The molecule has 0 aliphatic heterocycles. The lowest BCUT2D eigenvalue weighted by Gasteiger charge is -2.18. The smallest absolute Gasteiger partial charge is 0.184 e. The van der Waals surface area contributed by atoms with E-state index in [1.165, 1.54) is 0 Å². The number of carbonyl (C=O) groups excluding carboxylic acids is 1.